The summed E-state index contributed by atoms with van der Waals surface area (Å²) in [4.78, 5) is 31.5. The predicted octanol–water partition coefficient (Wildman–Crippen LogP) is 4.06. The van der Waals surface area contributed by atoms with Crippen molar-refractivity contribution in [2.45, 2.75) is 39.7 Å². The van der Waals surface area contributed by atoms with Crippen LogP contribution < -0.4 is 14.9 Å². The molecule has 0 bridgehead atoms. The average Bonchev–Trinajstić information content (AvgIpc) is 3.09. The number of ether oxygens (including phenoxy) is 1. The standard InChI is InChI=1S/C26H25FN2O3S/c1-5-32-25(31)22-16(4)28-26-29(23(22)19-10-8-18(9-11-19)15(2)3)24(30)21(33-26)14-17-6-12-20(27)13-7-17/h6-15,23H,5H2,1-4H3/b21-14-/t23-/m0/s1. The Morgan fingerprint density at radius 1 is 1.18 bits per heavy atom. The van der Waals surface area contributed by atoms with E-state index in [2.05, 4.69) is 18.8 Å². The second kappa shape index (κ2) is 9.27. The van der Waals surface area contributed by atoms with Crippen molar-refractivity contribution in [1.82, 2.24) is 4.57 Å². The van der Waals surface area contributed by atoms with Crippen LogP contribution in [0.1, 0.15) is 56.3 Å². The third-order valence-electron chi connectivity index (χ3n) is 5.60. The molecule has 0 radical (unpaired) electrons. The lowest BCUT2D eigenvalue weighted by Crippen LogP contribution is -2.39. The zero-order valence-electron chi connectivity index (χ0n) is 19.0. The second-order valence-electron chi connectivity index (χ2n) is 8.18. The van der Waals surface area contributed by atoms with Crippen LogP contribution in [0.5, 0.6) is 0 Å². The lowest BCUT2D eigenvalue weighted by Gasteiger charge is -2.25. The van der Waals surface area contributed by atoms with Gasteiger partial charge in [0.1, 0.15) is 5.82 Å². The number of carbonyl (C=O) groups excluding carboxylic acids is 1. The highest BCUT2D eigenvalue weighted by Crippen LogP contribution is 2.31. The molecule has 1 aliphatic heterocycles. The molecular weight excluding hydrogens is 439 g/mol. The number of carbonyl (C=O) groups is 1. The number of esters is 1. The molecule has 3 aromatic rings. The number of fused-ring (bicyclic) bond motifs is 1. The molecule has 1 aliphatic rings. The van der Waals surface area contributed by atoms with Crippen molar-refractivity contribution >= 4 is 23.4 Å². The van der Waals surface area contributed by atoms with Crippen molar-refractivity contribution in [2.75, 3.05) is 6.61 Å². The highest BCUT2D eigenvalue weighted by Gasteiger charge is 2.33. The van der Waals surface area contributed by atoms with E-state index in [-0.39, 0.29) is 18.0 Å². The van der Waals surface area contributed by atoms with E-state index in [1.165, 1.54) is 29.0 Å². The normalized spacial score (nSPS) is 16.1. The van der Waals surface area contributed by atoms with Crippen LogP contribution in [0.15, 0.2) is 69.6 Å². The van der Waals surface area contributed by atoms with Gasteiger partial charge in [-0.2, -0.15) is 0 Å². The highest BCUT2D eigenvalue weighted by atomic mass is 32.1. The number of halogens is 1. The number of hydrogen-bond acceptors (Lipinski definition) is 5. The minimum atomic E-state index is -0.642. The summed E-state index contributed by atoms with van der Waals surface area (Å²) in [5.41, 5.74) is 3.32. The van der Waals surface area contributed by atoms with Crippen LogP contribution in [-0.4, -0.2) is 17.1 Å². The summed E-state index contributed by atoms with van der Waals surface area (Å²) in [6.07, 6.45) is 1.71. The van der Waals surface area contributed by atoms with Crippen LogP contribution >= 0.6 is 11.3 Å². The SMILES string of the molecule is CCOC(=O)C1=C(C)N=c2s/c(=C\c3ccc(F)cc3)c(=O)n2[C@H]1c1ccc(C(C)C)cc1. The van der Waals surface area contributed by atoms with Crippen LogP contribution in [0.4, 0.5) is 4.39 Å². The van der Waals surface area contributed by atoms with Crippen molar-refractivity contribution in [3.05, 3.63) is 102 Å². The Kier molecular flexibility index (Phi) is 6.42. The number of hydrogen-bond donors (Lipinski definition) is 0. The van der Waals surface area contributed by atoms with Gasteiger partial charge in [-0.15, -0.1) is 0 Å². The van der Waals surface area contributed by atoms with E-state index in [4.69, 9.17) is 4.74 Å². The van der Waals surface area contributed by atoms with Crippen molar-refractivity contribution in [3.63, 3.8) is 0 Å². The van der Waals surface area contributed by atoms with Crippen molar-refractivity contribution in [3.8, 4) is 0 Å². The molecule has 2 aromatic carbocycles. The molecule has 170 valence electrons. The van der Waals surface area contributed by atoms with Gasteiger partial charge in [-0.1, -0.05) is 61.6 Å². The molecule has 1 aromatic heterocycles. The van der Waals surface area contributed by atoms with E-state index < -0.39 is 12.0 Å². The number of benzene rings is 2. The molecule has 2 heterocycles. The summed E-state index contributed by atoms with van der Waals surface area (Å²) in [5, 5.41) is 0. The van der Waals surface area contributed by atoms with Gasteiger partial charge in [-0.3, -0.25) is 9.36 Å². The quantitative estimate of drug-likeness (QED) is 0.535. The maximum absolute atomic E-state index is 13.5. The first-order valence-corrected chi connectivity index (χ1v) is 11.7. The molecule has 0 amide bonds. The van der Waals surface area contributed by atoms with E-state index in [0.29, 0.717) is 32.1 Å². The van der Waals surface area contributed by atoms with Gasteiger partial charge in [-0.05, 0) is 54.7 Å². The van der Waals surface area contributed by atoms with E-state index in [1.54, 1.807) is 36.6 Å². The summed E-state index contributed by atoms with van der Waals surface area (Å²) in [5.74, 6) is -0.462. The van der Waals surface area contributed by atoms with Crippen molar-refractivity contribution in [2.24, 2.45) is 4.99 Å². The fraction of sp³-hybridized carbons (Fsp3) is 0.269. The van der Waals surface area contributed by atoms with Crippen LogP contribution in [-0.2, 0) is 9.53 Å². The summed E-state index contributed by atoms with van der Waals surface area (Å²) in [6.45, 7) is 7.96. The molecule has 0 aliphatic carbocycles. The van der Waals surface area contributed by atoms with Gasteiger partial charge in [0, 0.05) is 0 Å². The number of allylic oxidation sites excluding steroid dienone is 1. The van der Waals surface area contributed by atoms with Gasteiger partial charge < -0.3 is 4.74 Å². The molecule has 0 saturated carbocycles. The first-order chi connectivity index (χ1) is 15.8. The Balaban J connectivity index is 1.92. The van der Waals surface area contributed by atoms with Gasteiger partial charge in [0.2, 0.25) is 0 Å². The molecular formula is C26H25FN2O3S. The van der Waals surface area contributed by atoms with E-state index in [1.807, 2.05) is 24.3 Å². The van der Waals surface area contributed by atoms with Crippen LogP contribution in [0.2, 0.25) is 0 Å². The topological polar surface area (TPSA) is 60.7 Å². The number of rotatable bonds is 5. The van der Waals surface area contributed by atoms with Crippen LogP contribution in [0.3, 0.4) is 0 Å². The lowest BCUT2D eigenvalue weighted by atomic mass is 9.93. The molecule has 0 unspecified atom stereocenters. The lowest BCUT2D eigenvalue weighted by molar-refractivity contribution is -0.139. The minimum absolute atomic E-state index is 0.226. The summed E-state index contributed by atoms with van der Waals surface area (Å²) in [6, 6.07) is 13.2. The molecule has 0 spiro atoms. The smallest absolute Gasteiger partial charge is 0.338 e. The Morgan fingerprint density at radius 2 is 1.85 bits per heavy atom. The Hall–Kier alpha value is -3.32. The highest BCUT2D eigenvalue weighted by molar-refractivity contribution is 7.07. The predicted molar refractivity (Wildman–Crippen MR) is 127 cm³/mol. The third-order valence-corrected chi connectivity index (χ3v) is 6.59. The molecule has 0 N–H and O–H groups in total. The molecule has 5 nitrogen and oxygen atoms in total. The fourth-order valence-corrected chi connectivity index (χ4v) is 4.93. The average molecular weight is 465 g/mol. The Morgan fingerprint density at radius 3 is 2.45 bits per heavy atom. The van der Waals surface area contributed by atoms with Gasteiger partial charge in [-0.25, -0.2) is 14.2 Å². The zero-order chi connectivity index (χ0) is 23.7. The first kappa shape index (κ1) is 22.9. The van der Waals surface area contributed by atoms with E-state index in [9.17, 15) is 14.0 Å². The maximum atomic E-state index is 13.5. The maximum Gasteiger partial charge on any atom is 0.338 e. The number of aromatic nitrogens is 1. The third kappa shape index (κ3) is 4.46. The zero-order valence-corrected chi connectivity index (χ0v) is 19.8. The monoisotopic (exact) mass is 464 g/mol. The van der Waals surface area contributed by atoms with Crippen molar-refractivity contribution in [1.29, 1.82) is 0 Å². The van der Waals surface area contributed by atoms with E-state index >= 15 is 0 Å². The number of nitrogens with zero attached hydrogens (tertiary/aromatic N) is 2. The molecule has 4 rings (SSSR count). The van der Waals surface area contributed by atoms with Gasteiger partial charge in [0.25, 0.3) is 5.56 Å². The first-order valence-electron chi connectivity index (χ1n) is 10.8. The molecule has 0 fully saturated rings. The van der Waals surface area contributed by atoms with Crippen LogP contribution in [0, 0.1) is 5.82 Å². The van der Waals surface area contributed by atoms with Crippen LogP contribution in [0.25, 0.3) is 6.08 Å². The summed E-state index contributed by atoms with van der Waals surface area (Å²) < 4.78 is 20.6. The summed E-state index contributed by atoms with van der Waals surface area (Å²) >= 11 is 1.25. The Labute approximate surface area is 195 Å². The second-order valence-corrected chi connectivity index (χ2v) is 9.18. The summed E-state index contributed by atoms with van der Waals surface area (Å²) in [7, 11) is 0. The molecule has 33 heavy (non-hydrogen) atoms. The fourth-order valence-electron chi connectivity index (χ4n) is 3.88. The largest absolute Gasteiger partial charge is 0.463 e. The van der Waals surface area contributed by atoms with E-state index in [0.717, 1.165) is 5.56 Å². The van der Waals surface area contributed by atoms with Crippen molar-refractivity contribution < 1.29 is 13.9 Å². The van der Waals surface area contributed by atoms with Gasteiger partial charge in [0.05, 0.1) is 28.5 Å². The van der Waals surface area contributed by atoms with Gasteiger partial charge in [0.15, 0.2) is 4.80 Å². The molecule has 1 atom stereocenters. The molecule has 0 saturated heterocycles. The Bertz CT molecular complexity index is 1400. The molecule has 7 heteroatoms. The minimum Gasteiger partial charge on any atom is -0.463 e. The van der Waals surface area contributed by atoms with Gasteiger partial charge >= 0.3 is 5.97 Å². The number of thiazole rings is 1.